The fraction of sp³-hybridized carbons (Fsp3) is 0.833. The predicted octanol–water partition coefficient (Wildman–Crippen LogP) is 10.0. The fourth-order valence-electron chi connectivity index (χ4n) is 9.00. The van der Waals surface area contributed by atoms with Crippen LogP contribution in [0.4, 0.5) is 0 Å². The normalized spacial score (nSPS) is 34.0. The molecule has 4 aliphatic carbocycles. The minimum atomic E-state index is -0.745. The van der Waals surface area contributed by atoms with Gasteiger partial charge in [0, 0.05) is 51.1 Å². The molecule has 4 aliphatic rings. The van der Waals surface area contributed by atoms with Crippen molar-refractivity contribution in [3.8, 4) is 0 Å². The van der Waals surface area contributed by atoms with Crippen LogP contribution in [0.15, 0.2) is 23.8 Å². The fourth-order valence-corrected chi connectivity index (χ4v) is 9.00. The van der Waals surface area contributed by atoms with Crippen LogP contribution in [-0.2, 0) is 47.0 Å². The number of carboxylic acid groups (broad SMARTS) is 1. The molecular weight excluding hydrogens is 585 g/mol. The Hall–Kier alpha value is -0.476. The number of carbonyl (C=O) groups is 2. The van der Waals surface area contributed by atoms with E-state index in [1.807, 2.05) is 13.8 Å². The third-order valence-electron chi connectivity index (χ3n) is 11.2. The van der Waals surface area contributed by atoms with Gasteiger partial charge in [0.2, 0.25) is 0 Å². The number of hydrogen-bond acceptors (Lipinski definition) is 3. The number of allylic oxidation sites excluding steroid dienone is 1. The number of hydrogen-bond donors (Lipinski definition) is 1. The van der Waals surface area contributed by atoms with Crippen molar-refractivity contribution in [3.05, 3.63) is 23.8 Å². The van der Waals surface area contributed by atoms with Crippen LogP contribution in [0.1, 0.15) is 139 Å². The van der Waals surface area contributed by atoms with Gasteiger partial charge in [-0.1, -0.05) is 92.9 Å². The van der Waals surface area contributed by atoms with Crippen LogP contribution >= 0.6 is 0 Å². The van der Waals surface area contributed by atoms with Gasteiger partial charge in [0.05, 0.1) is 0 Å². The number of rotatable bonds is 8. The summed E-state index contributed by atoms with van der Waals surface area (Å²) in [7, 11) is 0. The monoisotopic (exact) mass is 647 g/mol. The molecule has 0 spiro atoms. The Morgan fingerprint density at radius 2 is 1.68 bits per heavy atom. The zero-order chi connectivity index (χ0) is 30.3. The Morgan fingerprint density at radius 3 is 2.24 bits per heavy atom. The second-order valence-electron chi connectivity index (χ2n) is 14.1. The molecule has 0 aromatic heterocycles. The molecule has 0 aliphatic heterocycles. The van der Waals surface area contributed by atoms with Gasteiger partial charge in [-0.25, -0.2) is 4.79 Å². The summed E-state index contributed by atoms with van der Waals surface area (Å²) in [6, 6.07) is 0. The van der Waals surface area contributed by atoms with E-state index in [2.05, 4.69) is 47.3 Å². The average Bonchev–Trinajstić information content (AvgIpc) is 3.27. The number of ether oxygens (including phenoxy) is 1. The van der Waals surface area contributed by atoms with E-state index in [4.69, 9.17) is 9.84 Å². The van der Waals surface area contributed by atoms with Crippen molar-refractivity contribution in [3.63, 3.8) is 0 Å². The topological polar surface area (TPSA) is 63.6 Å². The largest absolute Gasteiger partial charge is 0.481 e. The van der Waals surface area contributed by atoms with Crippen molar-refractivity contribution in [1.82, 2.24) is 0 Å². The van der Waals surface area contributed by atoms with Crippen LogP contribution in [0.25, 0.3) is 0 Å². The first kappa shape index (κ1) is 38.5. The summed E-state index contributed by atoms with van der Waals surface area (Å²) in [6.07, 6.45) is 17.2. The van der Waals surface area contributed by atoms with E-state index in [9.17, 15) is 9.59 Å². The molecule has 3 fully saturated rings. The molecule has 233 valence electrons. The smallest absolute Gasteiger partial charge is 0.333 e. The SMILES string of the molecule is C=C(C)C(=O)O[C@H]1CC[C@@]2(C)C(=CC[C@@H]3[C@@H]2CC[C@]2(C)C([C@H](C)CCCC(C)C)CC[C@@H]32)C1.CC.CCC(=O)O.[Y]. The predicted molar refractivity (Wildman–Crippen MR) is 167 cm³/mol. The van der Waals surface area contributed by atoms with Crippen LogP contribution < -0.4 is 0 Å². The first-order valence-corrected chi connectivity index (χ1v) is 16.6. The van der Waals surface area contributed by atoms with Gasteiger partial charge in [0.15, 0.2) is 0 Å². The van der Waals surface area contributed by atoms with Gasteiger partial charge < -0.3 is 9.84 Å². The summed E-state index contributed by atoms with van der Waals surface area (Å²) in [5.74, 6) is 4.26. The van der Waals surface area contributed by atoms with Gasteiger partial charge in [0.1, 0.15) is 6.10 Å². The van der Waals surface area contributed by atoms with Crippen molar-refractivity contribution < 1.29 is 52.1 Å². The maximum atomic E-state index is 12.1. The van der Waals surface area contributed by atoms with Gasteiger partial charge in [-0.05, 0) is 98.2 Å². The van der Waals surface area contributed by atoms with E-state index in [-0.39, 0.29) is 51.2 Å². The van der Waals surface area contributed by atoms with Gasteiger partial charge in [0.25, 0.3) is 0 Å². The molecule has 0 amide bonds. The molecule has 0 saturated heterocycles. The third kappa shape index (κ3) is 9.26. The third-order valence-corrected chi connectivity index (χ3v) is 11.2. The Labute approximate surface area is 278 Å². The Morgan fingerprint density at radius 1 is 1.05 bits per heavy atom. The van der Waals surface area contributed by atoms with Gasteiger partial charge >= 0.3 is 11.9 Å². The van der Waals surface area contributed by atoms with Gasteiger partial charge in [-0.3, -0.25) is 4.79 Å². The maximum absolute atomic E-state index is 12.1. The van der Waals surface area contributed by atoms with Crippen LogP contribution in [0.5, 0.6) is 0 Å². The van der Waals surface area contributed by atoms with Crippen molar-refractivity contribution in [2.75, 3.05) is 0 Å². The second kappa shape index (κ2) is 17.1. The Balaban J connectivity index is 0.000000951. The summed E-state index contributed by atoms with van der Waals surface area (Å²) in [5, 5.41) is 7.72. The van der Waals surface area contributed by atoms with Crippen LogP contribution in [-0.4, -0.2) is 23.1 Å². The molecular formula is C36H62O4Y. The molecule has 1 unspecified atom stereocenters. The number of aliphatic carboxylic acids is 1. The molecule has 4 rings (SSSR count). The molecule has 41 heavy (non-hydrogen) atoms. The molecule has 0 heterocycles. The zero-order valence-corrected chi connectivity index (χ0v) is 30.9. The van der Waals surface area contributed by atoms with Crippen molar-refractivity contribution >= 4 is 11.9 Å². The van der Waals surface area contributed by atoms with Crippen molar-refractivity contribution in [1.29, 1.82) is 0 Å². The van der Waals surface area contributed by atoms with Gasteiger partial charge in [-0.2, -0.15) is 0 Å². The summed E-state index contributed by atoms with van der Waals surface area (Å²) < 4.78 is 5.78. The number of carboxylic acids is 1. The van der Waals surface area contributed by atoms with E-state index in [0.717, 1.165) is 48.3 Å². The molecule has 0 aromatic rings. The zero-order valence-electron chi connectivity index (χ0n) is 28.1. The van der Waals surface area contributed by atoms with Crippen molar-refractivity contribution in [2.24, 2.45) is 46.3 Å². The Bertz CT molecular complexity index is 894. The standard InChI is InChI=1S/C31H50O2.C3H6O2.C2H6.Y/c1-20(2)9-8-10-22(5)26-13-14-27-25-12-11-23-19-24(33-29(32)21(3)4)15-17-30(23,6)28(25)16-18-31(26,27)7;1-2-3(4)5;1-2;/h11,20,22,24-28H,3,8-10,12-19H2,1-2,4-7H3;2H2,1H3,(H,4,5);1-2H3;/t22-,24+,25+,26?,27+,28+,30+,31-;;;/m1.../s1. The molecule has 5 heteroatoms. The quantitative estimate of drug-likeness (QED) is 0.162. The van der Waals surface area contributed by atoms with Crippen LogP contribution in [0.2, 0.25) is 0 Å². The summed E-state index contributed by atoms with van der Waals surface area (Å²) in [6.45, 7) is 23.6. The van der Waals surface area contributed by atoms with E-state index in [1.54, 1.807) is 19.4 Å². The summed E-state index contributed by atoms with van der Waals surface area (Å²) in [5.41, 5.74) is 2.97. The first-order valence-electron chi connectivity index (χ1n) is 16.6. The molecule has 0 aromatic carbocycles. The van der Waals surface area contributed by atoms with Crippen LogP contribution in [0, 0.1) is 46.3 Å². The second-order valence-corrected chi connectivity index (χ2v) is 14.1. The molecule has 1 N–H and O–H groups in total. The Kier molecular flexibility index (Phi) is 16.1. The van der Waals surface area contributed by atoms with Crippen molar-refractivity contribution in [2.45, 2.75) is 145 Å². The average molecular weight is 648 g/mol. The maximum Gasteiger partial charge on any atom is 0.333 e. The molecule has 4 nitrogen and oxygen atoms in total. The number of carbonyl (C=O) groups excluding carboxylic acids is 1. The minimum absolute atomic E-state index is 0. The molecule has 3 saturated carbocycles. The van der Waals surface area contributed by atoms with Gasteiger partial charge in [-0.15, -0.1) is 0 Å². The van der Waals surface area contributed by atoms with Crippen LogP contribution in [0.3, 0.4) is 0 Å². The minimum Gasteiger partial charge on any atom is -0.481 e. The van der Waals surface area contributed by atoms with E-state index in [1.165, 1.54) is 57.8 Å². The van der Waals surface area contributed by atoms with E-state index in [0.29, 0.717) is 16.4 Å². The first-order chi connectivity index (χ1) is 18.8. The number of fused-ring (bicyclic) bond motifs is 5. The van der Waals surface area contributed by atoms with E-state index >= 15 is 0 Å². The molecule has 1 radical (unpaired) electrons. The molecule has 8 atom stereocenters. The number of esters is 1. The van der Waals surface area contributed by atoms with E-state index < -0.39 is 5.97 Å². The molecule has 0 bridgehead atoms. The summed E-state index contributed by atoms with van der Waals surface area (Å²) in [4.78, 5) is 21.5. The summed E-state index contributed by atoms with van der Waals surface area (Å²) >= 11 is 0.